The molecule has 0 amide bonds. The summed E-state index contributed by atoms with van der Waals surface area (Å²) in [7, 11) is -2.37. The van der Waals surface area contributed by atoms with Gasteiger partial charge in [0, 0.05) is 24.2 Å². The van der Waals surface area contributed by atoms with Gasteiger partial charge in [0.05, 0.1) is 11.0 Å². The van der Waals surface area contributed by atoms with Crippen LogP contribution in [0.4, 0.5) is 0 Å². The predicted molar refractivity (Wildman–Crippen MR) is 80.7 cm³/mol. The van der Waals surface area contributed by atoms with Crippen LogP contribution in [0.1, 0.15) is 13.3 Å². The summed E-state index contributed by atoms with van der Waals surface area (Å²) in [6.45, 7) is 1.78. The highest BCUT2D eigenvalue weighted by molar-refractivity contribution is 7.89. The smallest absolute Gasteiger partial charge is 0.242 e. The number of nitrogens with one attached hydrogen (secondary N) is 1. The maximum absolute atomic E-state index is 12.5. The van der Waals surface area contributed by atoms with E-state index in [1.54, 1.807) is 13.0 Å². The SMILES string of the molecule is CC[C@H](O)CN(C)S(=O)(=O)c1cc(Cl)cc(-c2nn[nH]n2)c1. The Balaban J connectivity index is 2.39. The fourth-order valence-electron chi connectivity index (χ4n) is 1.83. The third-order valence-electron chi connectivity index (χ3n) is 3.12. The molecule has 1 aromatic heterocycles. The highest BCUT2D eigenvalue weighted by atomic mass is 35.5. The number of rotatable bonds is 6. The van der Waals surface area contributed by atoms with Crippen LogP contribution in [0, 0.1) is 0 Å². The van der Waals surface area contributed by atoms with Gasteiger partial charge in [-0.2, -0.15) is 9.52 Å². The molecule has 8 nitrogen and oxygen atoms in total. The topological polar surface area (TPSA) is 112 Å². The summed E-state index contributed by atoms with van der Waals surface area (Å²) in [5.74, 6) is 0.246. The van der Waals surface area contributed by atoms with E-state index in [1.807, 2.05) is 0 Å². The lowest BCUT2D eigenvalue weighted by Gasteiger charge is -2.20. The molecule has 1 atom stereocenters. The molecule has 120 valence electrons. The Hall–Kier alpha value is -1.55. The van der Waals surface area contributed by atoms with Gasteiger partial charge in [0.15, 0.2) is 0 Å². The van der Waals surface area contributed by atoms with E-state index >= 15 is 0 Å². The highest BCUT2D eigenvalue weighted by Gasteiger charge is 2.24. The van der Waals surface area contributed by atoms with Crippen molar-refractivity contribution < 1.29 is 13.5 Å². The van der Waals surface area contributed by atoms with Crippen LogP contribution in [0.15, 0.2) is 23.1 Å². The van der Waals surface area contributed by atoms with Crippen molar-refractivity contribution >= 4 is 21.6 Å². The third-order valence-corrected chi connectivity index (χ3v) is 5.14. The van der Waals surface area contributed by atoms with Crippen molar-refractivity contribution in [3.05, 3.63) is 23.2 Å². The number of aliphatic hydroxyl groups excluding tert-OH is 1. The Morgan fingerprint density at radius 3 is 2.73 bits per heavy atom. The summed E-state index contributed by atoms with van der Waals surface area (Å²) in [6, 6.07) is 4.31. The lowest BCUT2D eigenvalue weighted by molar-refractivity contribution is 0.149. The van der Waals surface area contributed by atoms with E-state index in [9.17, 15) is 13.5 Å². The maximum Gasteiger partial charge on any atom is 0.242 e. The number of sulfonamides is 1. The molecule has 2 aromatic rings. The molecule has 0 aliphatic rings. The van der Waals surface area contributed by atoms with Gasteiger partial charge in [0.2, 0.25) is 15.8 Å². The Labute approximate surface area is 133 Å². The summed E-state index contributed by atoms with van der Waals surface area (Å²) in [5, 5.41) is 23.2. The molecule has 22 heavy (non-hydrogen) atoms. The lowest BCUT2D eigenvalue weighted by Crippen LogP contribution is -2.34. The minimum atomic E-state index is -3.78. The first-order chi connectivity index (χ1) is 10.3. The van der Waals surface area contributed by atoms with E-state index in [0.717, 1.165) is 4.31 Å². The van der Waals surface area contributed by atoms with Gasteiger partial charge in [-0.25, -0.2) is 8.42 Å². The number of likely N-dealkylation sites (N-methyl/N-ethyl adjacent to an activating group) is 1. The molecule has 1 aromatic carbocycles. The summed E-state index contributed by atoms with van der Waals surface area (Å²) < 4.78 is 26.2. The van der Waals surface area contributed by atoms with Crippen molar-refractivity contribution in [1.29, 1.82) is 0 Å². The van der Waals surface area contributed by atoms with Gasteiger partial charge in [-0.1, -0.05) is 18.5 Å². The van der Waals surface area contributed by atoms with Gasteiger partial charge < -0.3 is 5.11 Å². The van der Waals surface area contributed by atoms with E-state index in [-0.39, 0.29) is 22.3 Å². The number of halogens is 1. The molecule has 0 aliphatic carbocycles. The highest BCUT2D eigenvalue weighted by Crippen LogP contribution is 2.26. The summed E-state index contributed by atoms with van der Waals surface area (Å²) in [4.78, 5) is 0.00519. The number of benzene rings is 1. The average Bonchev–Trinajstić information content (AvgIpc) is 3.00. The molecular weight excluding hydrogens is 330 g/mol. The quantitative estimate of drug-likeness (QED) is 0.804. The van der Waals surface area contributed by atoms with Crippen LogP contribution < -0.4 is 0 Å². The van der Waals surface area contributed by atoms with E-state index in [2.05, 4.69) is 20.6 Å². The van der Waals surface area contributed by atoms with Gasteiger partial charge in [0.25, 0.3) is 0 Å². The molecule has 0 aliphatic heterocycles. The van der Waals surface area contributed by atoms with Gasteiger partial charge in [-0.05, 0) is 29.8 Å². The standard InChI is InChI=1S/C12H16ClN5O3S/c1-3-10(19)7-18(2)22(20,21)11-5-8(4-9(13)6-11)12-14-16-17-15-12/h4-6,10,19H,3,7H2,1-2H3,(H,14,15,16,17)/t10-/m0/s1. The second-order valence-corrected chi connectivity index (χ2v) is 7.24. The minimum Gasteiger partial charge on any atom is -0.392 e. The lowest BCUT2D eigenvalue weighted by atomic mass is 10.2. The number of aliphatic hydroxyl groups is 1. The monoisotopic (exact) mass is 345 g/mol. The Bertz CT molecular complexity index is 735. The fourth-order valence-corrected chi connectivity index (χ4v) is 3.41. The summed E-state index contributed by atoms with van der Waals surface area (Å²) in [6.07, 6.45) is -0.264. The number of nitrogens with zero attached hydrogens (tertiary/aromatic N) is 4. The second-order valence-electron chi connectivity index (χ2n) is 4.76. The van der Waals surface area contributed by atoms with E-state index < -0.39 is 16.1 Å². The van der Waals surface area contributed by atoms with E-state index in [1.165, 1.54) is 19.2 Å². The van der Waals surface area contributed by atoms with Crippen LogP contribution in [0.25, 0.3) is 11.4 Å². The van der Waals surface area contributed by atoms with Crippen molar-refractivity contribution in [2.75, 3.05) is 13.6 Å². The number of aromatic nitrogens is 4. The number of aromatic amines is 1. The summed E-state index contributed by atoms with van der Waals surface area (Å²) in [5.41, 5.74) is 0.435. The van der Waals surface area contributed by atoms with Gasteiger partial charge in [-0.3, -0.25) is 0 Å². The van der Waals surface area contributed by atoms with Gasteiger partial charge >= 0.3 is 0 Å². The first-order valence-electron chi connectivity index (χ1n) is 6.53. The van der Waals surface area contributed by atoms with Crippen LogP contribution in [-0.4, -0.2) is 58.2 Å². The molecule has 2 N–H and O–H groups in total. The van der Waals surface area contributed by atoms with Gasteiger partial charge in [-0.15, -0.1) is 10.2 Å². The average molecular weight is 346 g/mol. The van der Waals surface area contributed by atoms with E-state index in [4.69, 9.17) is 11.6 Å². The van der Waals surface area contributed by atoms with Crippen LogP contribution in [0.3, 0.4) is 0 Å². The van der Waals surface area contributed by atoms with Crippen LogP contribution in [0.5, 0.6) is 0 Å². The van der Waals surface area contributed by atoms with Crippen LogP contribution in [-0.2, 0) is 10.0 Å². The Kier molecular flexibility index (Phi) is 5.12. The van der Waals surface area contributed by atoms with Crippen molar-refractivity contribution in [3.63, 3.8) is 0 Å². The molecule has 0 radical (unpaired) electrons. The molecular formula is C12H16ClN5O3S. The largest absolute Gasteiger partial charge is 0.392 e. The first-order valence-corrected chi connectivity index (χ1v) is 8.35. The zero-order chi connectivity index (χ0) is 16.3. The molecule has 0 saturated carbocycles. The predicted octanol–water partition coefficient (Wildman–Crippen LogP) is 0.912. The van der Waals surface area contributed by atoms with Crippen LogP contribution >= 0.6 is 11.6 Å². The number of hydrogen-bond acceptors (Lipinski definition) is 6. The molecule has 0 fully saturated rings. The van der Waals surface area contributed by atoms with Crippen LogP contribution in [0.2, 0.25) is 5.02 Å². The molecule has 0 saturated heterocycles. The zero-order valence-electron chi connectivity index (χ0n) is 12.1. The van der Waals surface area contributed by atoms with Crippen molar-refractivity contribution in [3.8, 4) is 11.4 Å². The number of tetrazole rings is 1. The van der Waals surface area contributed by atoms with Gasteiger partial charge in [0.1, 0.15) is 0 Å². The number of hydrogen-bond donors (Lipinski definition) is 2. The minimum absolute atomic E-state index is 0.00287. The number of H-pyrrole nitrogens is 1. The molecule has 2 rings (SSSR count). The zero-order valence-corrected chi connectivity index (χ0v) is 13.6. The van der Waals surface area contributed by atoms with E-state index in [0.29, 0.717) is 12.0 Å². The molecule has 1 heterocycles. The fraction of sp³-hybridized carbons (Fsp3) is 0.417. The molecule has 0 bridgehead atoms. The van der Waals surface area contributed by atoms with Crippen molar-refractivity contribution in [2.45, 2.75) is 24.3 Å². The second kappa shape index (κ2) is 6.69. The molecule has 0 unspecified atom stereocenters. The first kappa shape index (κ1) is 16.8. The van der Waals surface area contributed by atoms with Crippen molar-refractivity contribution in [2.24, 2.45) is 0 Å². The normalized spacial score (nSPS) is 13.5. The molecule has 0 spiro atoms. The third kappa shape index (κ3) is 3.61. The van der Waals surface area contributed by atoms with Crippen molar-refractivity contribution in [1.82, 2.24) is 24.9 Å². The Morgan fingerprint density at radius 2 is 2.14 bits per heavy atom. The summed E-state index contributed by atoms with van der Waals surface area (Å²) >= 11 is 5.99. The Morgan fingerprint density at radius 1 is 1.41 bits per heavy atom. The molecule has 10 heteroatoms. The maximum atomic E-state index is 12.5.